The van der Waals surface area contributed by atoms with Crippen molar-refractivity contribution in [2.75, 3.05) is 7.11 Å². The minimum Gasteiger partial charge on any atom is -0.481 e. The summed E-state index contributed by atoms with van der Waals surface area (Å²) in [5.74, 6) is 0.385. The highest BCUT2D eigenvalue weighted by Gasteiger charge is 2.16. The van der Waals surface area contributed by atoms with E-state index >= 15 is 0 Å². The summed E-state index contributed by atoms with van der Waals surface area (Å²) in [4.78, 5) is 4.04. The van der Waals surface area contributed by atoms with Crippen LogP contribution in [0.5, 0.6) is 5.88 Å². The van der Waals surface area contributed by atoms with E-state index in [-0.39, 0.29) is 0 Å². The Morgan fingerprint density at radius 2 is 2.00 bits per heavy atom. The van der Waals surface area contributed by atoms with E-state index in [1.807, 2.05) is 0 Å². The summed E-state index contributed by atoms with van der Waals surface area (Å²) < 4.78 is 5.11. The standard InChI is InChI=1S/C13H11Cl2NO2/c1-18-13-9(3-2-6-16-13)12(17)8-4-5-10(14)11(15)7-8/h2-7,12,17H,1H3. The predicted molar refractivity (Wildman–Crippen MR) is 71.3 cm³/mol. The molecule has 0 fully saturated rings. The highest BCUT2D eigenvalue weighted by molar-refractivity contribution is 6.42. The van der Waals surface area contributed by atoms with Crippen LogP contribution in [-0.4, -0.2) is 17.2 Å². The van der Waals surface area contributed by atoms with Crippen LogP contribution in [0.25, 0.3) is 0 Å². The second-order valence-corrected chi connectivity index (χ2v) is 4.49. The zero-order valence-electron chi connectivity index (χ0n) is 9.60. The molecule has 2 rings (SSSR count). The van der Waals surface area contributed by atoms with Gasteiger partial charge >= 0.3 is 0 Å². The zero-order chi connectivity index (χ0) is 13.1. The molecule has 0 saturated carbocycles. The second-order valence-electron chi connectivity index (χ2n) is 3.68. The third kappa shape index (κ3) is 2.58. The van der Waals surface area contributed by atoms with E-state index in [1.54, 1.807) is 36.5 Å². The number of aliphatic hydroxyl groups is 1. The van der Waals surface area contributed by atoms with E-state index < -0.39 is 6.10 Å². The average Bonchev–Trinajstić information content (AvgIpc) is 2.41. The number of aliphatic hydroxyl groups excluding tert-OH is 1. The summed E-state index contributed by atoms with van der Waals surface area (Å²) in [6.07, 6.45) is 0.743. The number of halogens is 2. The predicted octanol–water partition coefficient (Wildman–Crippen LogP) is 3.48. The average molecular weight is 284 g/mol. The topological polar surface area (TPSA) is 42.4 Å². The van der Waals surface area contributed by atoms with Crippen LogP contribution < -0.4 is 4.74 Å². The van der Waals surface area contributed by atoms with Crippen LogP contribution in [0.4, 0.5) is 0 Å². The Morgan fingerprint density at radius 1 is 1.22 bits per heavy atom. The Kier molecular flexibility index (Phi) is 4.07. The van der Waals surface area contributed by atoms with Gasteiger partial charge in [0.2, 0.25) is 5.88 Å². The summed E-state index contributed by atoms with van der Waals surface area (Å²) >= 11 is 11.8. The smallest absolute Gasteiger partial charge is 0.219 e. The summed E-state index contributed by atoms with van der Waals surface area (Å²) in [5.41, 5.74) is 1.22. The van der Waals surface area contributed by atoms with Crippen molar-refractivity contribution < 1.29 is 9.84 Å². The van der Waals surface area contributed by atoms with Crippen LogP contribution in [0.3, 0.4) is 0 Å². The number of aromatic nitrogens is 1. The summed E-state index contributed by atoms with van der Waals surface area (Å²) in [6, 6.07) is 8.47. The molecule has 0 spiro atoms. The number of rotatable bonds is 3. The van der Waals surface area contributed by atoms with Gasteiger partial charge in [0.05, 0.1) is 17.2 Å². The van der Waals surface area contributed by atoms with E-state index in [0.29, 0.717) is 27.1 Å². The zero-order valence-corrected chi connectivity index (χ0v) is 11.1. The Morgan fingerprint density at radius 3 is 2.67 bits per heavy atom. The molecule has 3 nitrogen and oxygen atoms in total. The molecule has 0 aliphatic carbocycles. The van der Waals surface area contributed by atoms with Gasteiger partial charge in [-0.05, 0) is 29.8 Å². The first-order valence-corrected chi connectivity index (χ1v) is 6.01. The molecule has 18 heavy (non-hydrogen) atoms. The summed E-state index contributed by atoms with van der Waals surface area (Å²) in [6.45, 7) is 0. The van der Waals surface area contributed by atoms with Crippen LogP contribution >= 0.6 is 23.2 Å². The van der Waals surface area contributed by atoms with Crippen molar-refractivity contribution >= 4 is 23.2 Å². The molecule has 1 aromatic heterocycles. The van der Waals surface area contributed by atoms with Crippen molar-refractivity contribution in [3.8, 4) is 5.88 Å². The highest BCUT2D eigenvalue weighted by atomic mass is 35.5. The van der Waals surface area contributed by atoms with E-state index in [2.05, 4.69) is 4.98 Å². The Bertz CT molecular complexity index is 560. The fourth-order valence-electron chi connectivity index (χ4n) is 1.64. The molecule has 0 aliphatic rings. The quantitative estimate of drug-likeness (QED) is 0.938. The normalized spacial score (nSPS) is 12.2. The summed E-state index contributed by atoms with van der Waals surface area (Å²) in [5, 5.41) is 11.1. The lowest BCUT2D eigenvalue weighted by Gasteiger charge is -2.14. The SMILES string of the molecule is COc1ncccc1C(O)c1ccc(Cl)c(Cl)c1. The lowest BCUT2D eigenvalue weighted by molar-refractivity contribution is 0.213. The van der Waals surface area contributed by atoms with Crippen molar-refractivity contribution in [1.82, 2.24) is 4.98 Å². The van der Waals surface area contributed by atoms with Crippen LogP contribution in [0, 0.1) is 0 Å². The Labute approximate surface area is 115 Å². The number of benzene rings is 1. The monoisotopic (exact) mass is 283 g/mol. The minimum absolute atomic E-state index is 0.385. The van der Waals surface area contributed by atoms with E-state index in [9.17, 15) is 5.11 Å². The van der Waals surface area contributed by atoms with Gasteiger partial charge in [0, 0.05) is 11.8 Å². The number of nitrogens with zero attached hydrogens (tertiary/aromatic N) is 1. The first-order chi connectivity index (χ1) is 8.63. The van der Waals surface area contributed by atoms with Gasteiger partial charge in [-0.1, -0.05) is 29.3 Å². The van der Waals surface area contributed by atoms with Gasteiger partial charge < -0.3 is 9.84 Å². The molecule has 5 heteroatoms. The van der Waals surface area contributed by atoms with E-state index in [4.69, 9.17) is 27.9 Å². The maximum atomic E-state index is 10.3. The fraction of sp³-hybridized carbons (Fsp3) is 0.154. The van der Waals surface area contributed by atoms with Gasteiger partial charge in [-0.25, -0.2) is 4.98 Å². The van der Waals surface area contributed by atoms with Gasteiger partial charge in [-0.15, -0.1) is 0 Å². The van der Waals surface area contributed by atoms with Crippen molar-refractivity contribution in [2.45, 2.75) is 6.10 Å². The molecule has 1 heterocycles. The third-order valence-corrected chi connectivity index (χ3v) is 3.29. The molecule has 0 saturated heterocycles. The minimum atomic E-state index is -0.858. The molecule has 2 aromatic rings. The molecule has 0 radical (unpaired) electrons. The first kappa shape index (κ1) is 13.1. The summed E-state index contributed by atoms with van der Waals surface area (Å²) in [7, 11) is 1.51. The van der Waals surface area contributed by atoms with Crippen molar-refractivity contribution in [2.24, 2.45) is 0 Å². The van der Waals surface area contributed by atoms with Gasteiger partial charge in [-0.2, -0.15) is 0 Å². The van der Waals surface area contributed by atoms with Crippen LogP contribution in [0.2, 0.25) is 10.0 Å². The lowest BCUT2D eigenvalue weighted by Crippen LogP contribution is -2.03. The molecule has 0 aliphatic heterocycles. The van der Waals surface area contributed by atoms with Gasteiger partial charge in [0.25, 0.3) is 0 Å². The molecular weight excluding hydrogens is 273 g/mol. The first-order valence-electron chi connectivity index (χ1n) is 5.25. The Hall–Kier alpha value is -1.29. The van der Waals surface area contributed by atoms with Crippen molar-refractivity contribution in [3.05, 3.63) is 57.7 Å². The molecule has 1 aromatic carbocycles. The molecule has 94 valence electrons. The maximum absolute atomic E-state index is 10.3. The number of methoxy groups -OCH3 is 1. The Balaban J connectivity index is 2.41. The molecular formula is C13H11Cl2NO2. The molecule has 1 N–H and O–H groups in total. The second kappa shape index (κ2) is 5.57. The van der Waals surface area contributed by atoms with Gasteiger partial charge in [-0.3, -0.25) is 0 Å². The van der Waals surface area contributed by atoms with Crippen LogP contribution in [0.15, 0.2) is 36.5 Å². The molecule has 0 bridgehead atoms. The fourth-order valence-corrected chi connectivity index (χ4v) is 1.95. The van der Waals surface area contributed by atoms with Gasteiger partial charge in [0.15, 0.2) is 0 Å². The highest BCUT2D eigenvalue weighted by Crippen LogP contribution is 2.31. The van der Waals surface area contributed by atoms with Crippen LogP contribution in [0.1, 0.15) is 17.2 Å². The van der Waals surface area contributed by atoms with Gasteiger partial charge in [0.1, 0.15) is 6.10 Å². The molecule has 1 atom stereocenters. The van der Waals surface area contributed by atoms with E-state index in [1.165, 1.54) is 7.11 Å². The maximum Gasteiger partial charge on any atom is 0.219 e. The number of hydrogen-bond acceptors (Lipinski definition) is 3. The largest absolute Gasteiger partial charge is 0.481 e. The number of hydrogen-bond donors (Lipinski definition) is 1. The molecule has 1 unspecified atom stereocenters. The number of ether oxygens (including phenoxy) is 1. The van der Waals surface area contributed by atoms with Crippen molar-refractivity contribution in [1.29, 1.82) is 0 Å². The lowest BCUT2D eigenvalue weighted by atomic mass is 10.0. The van der Waals surface area contributed by atoms with E-state index in [0.717, 1.165) is 0 Å². The number of pyridine rings is 1. The molecule has 0 amide bonds. The van der Waals surface area contributed by atoms with Crippen molar-refractivity contribution in [3.63, 3.8) is 0 Å². The van der Waals surface area contributed by atoms with Crippen LogP contribution in [-0.2, 0) is 0 Å². The third-order valence-electron chi connectivity index (χ3n) is 2.55.